The third-order valence-corrected chi connectivity index (χ3v) is 4.48. The molecule has 2 rings (SSSR count). The molecule has 0 aromatic carbocycles. The highest BCUT2D eigenvalue weighted by Crippen LogP contribution is 2.40. The number of aromatic nitrogens is 3. The van der Waals surface area contributed by atoms with Crippen LogP contribution in [0.25, 0.3) is 11.0 Å². The van der Waals surface area contributed by atoms with Crippen molar-refractivity contribution in [3.05, 3.63) is 28.4 Å². The van der Waals surface area contributed by atoms with Crippen molar-refractivity contribution < 1.29 is 19.5 Å². The van der Waals surface area contributed by atoms with E-state index in [0.717, 1.165) is 5.56 Å². The zero-order valence-electron chi connectivity index (χ0n) is 11.1. The molecular formula is C11H17N4O5P. The molecule has 2 aromatic rings. The number of rotatable bonds is 7. The molecule has 0 amide bonds. The number of aromatic amines is 2. The monoisotopic (exact) mass is 316 g/mol. The number of hydrogen-bond acceptors (Lipinski definition) is 5. The predicted molar refractivity (Wildman–Crippen MR) is 76.2 cm³/mol. The second kappa shape index (κ2) is 6.50. The Labute approximate surface area is 119 Å². The van der Waals surface area contributed by atoms with Gasteiger partial charge in [-0.3, -0.25) is 9.36 Å². The fraction of sp³-hybridized carbons (Fsp3) is 0.455. The van der Waals surface area contributed by atoms with Crippen LogP contribution in [0.3, 0.4) is 0 Å². The summed E-state index contributed by atoms with van der Waals surface area (Å²) in [7, 11) is -4.30. The molecule has 0 aliphatic rings. The lowest BCUT2D eigenvalue weighted by Gasteiger charge is -2.16. The number of nitrogens with zero attached hydrogens (tertiary/aromatic N) is 1. The maximum absolute atomic E-state index is 11.5. The van der Waals surface area contributed by atoms with E-state index in [1.807, 2.05) is 0 Å². The van der Waals surface area contributed by atoms with Crippen LogP contribution in [0, 0.1) is 0 Å². The molecule has 0 bridgehead atoms. The summed E-state index contributed by atoms with van der Waals surface area (Å²) < 4.78 is 11.0. The lowest BCUT2D eigenvalue weighted by molar-refractivity contribution is 0.262. The fourth-order valence-corrected chi connectivity index (χ4v) is 2.56. The van der Waals surface area contributed by atoms with E-state index in [-0.39, 0.29) is 12.1 Å². The lowest BCUT2D eigenvalue weighted by atomic mass is 10.2. The van der Waals surface area contributed by atoms with Crippen molar-refractivity contribution >= 4 is 18.6 Å². The van der Waals surface area contributed by atoms with Gasteiger partial charge in [0.15, 0.2) is 0 Å². The quantitative estimate of drug-likeness (QED) is 0.281. The molecule has 0 radical (unpaired) electrons. The smallest absolute Gasteiger partial charge is 0.332 e. The van der Waals surface area contributed by atoms with Crippen molar-refractivity contribution in [1.82, 2.24) is 20.3 Å². The second-order valence-corrected chi connectivity index (χ2v) is 6.56. The fourth-order valence-electron chi connectivity index (χ4n) is 1.98. The molecule has 2 heterocycles. The van der Waals surface area contributed by atoms with Gasteiger partial charge < -0.3 is 30.2 Å². The standard InChI is InChI=1S/C11H17N4O5P/c16-5-8(21(18,19)20)4-12-2-1-7-3-13-10-9(7)14-6-15-11(10)17/h3,6,8,12-13,16H,1-2,4-5H2,(H,14,15,17)(H2,18,19,20). The molecule has 2 aromatic heterocycles. The average molecular weight is 316 g/mol. The van der Waals surface area contributed by atoms with E-state index in [0.29, 0.717) is 24.0 Å². The van der Waals surface area contributed by atoms with Crippen molar-refractivity contribution in [3.8, 4) is 0 Å². The van der Waals surface area contributed by atoms with Crippen LogP contribution < -0.4 is 10.9 Å². The normalized spacial score (nSPS) is 13.7. The summed E-state index contributed by atoms with van der Waals surface area (Å²) in [5, 5.41) is 11.8. The second-order valence-electron chi connectivity index (χ2n) is 4.65. The zero-order chi connectivity index (χ0) is 15.5. The van der Waals surface area contributed by atoms with E-state index in [1.54, 1.807) is 6.20 Å². The number of aliphatic hydroxyl groups is 1. The number of nitrogens with one attached hydrogen (secondary N) is 3. The number of fused-ring (bicyclic) bond motifs is 1. The third kappa shape index (κ3) is 3.78. The molecule has 6 N–H and O–H groups in total. The Morgan fingerprint density at radius 2 is 2.14 bits per heavy atom. The minimum absolute atomic E-state index is 0.0111. The Kier molecular flexibility index (Phi) is 4.92. The van der Waals surface area contributed by atoms with Crippen LogP contribution in [0.4, 0.5) is 0 Å². The van der Waals surface area contributed by atoms with Gasteiger partial charge in [0, 0.05) is 12.7 Å². The van der Waals surface area contributed by atoms with Gasteiger partial charge in [-0.25, -0.2) is 4.98 Å². The third-order valence-electron chi connectivity index (χ3n) is 3.19. The first-order valence-electron chi connectivity index (χ1n) is 6.34. The summed E-state index contributed by atoms with van der Waals surface area (Å²) >= 11 is 0. The van der Waals surface area contributed by atoms with E-state index in [9.17, 15) is 9.36 Å². The molecular weight excluding hydrogens is 299 g/mol. The first-order chi connectivity index (χ1) is 9.93. The highest BCUT2D eigenvalue weighted by molar-refractivity contribution is 7.52. The van der Waals surface area contributed by atoms with Crippen LogP contribution >= 0.6 is 7.60 Å². The highest BCUT2D eigenvalue weighted by Gasteiger charge is 2.27. The van der Waals surface area contributed by atoms with Gasteiger partial charge in [-0.2, -0.15) is 0 Å². The Morgan fingerprint density at radius 3 is 2.81 bits per heavy atom. The molecule has 21 heavy (non-hydrogen) atoms. The molecule has 9 nitrogen and oxygen atoms in total. The van der Waals surface area contributed by atoms with Crippen molar-refractivity contribution in [3.63, 3.8) is 0 Å². The van der Waals surface area contributed by atoms with Gasteiger partial charge in [-0.1, -0.05) is 0 Å². The number of aliphatic hydroxyl groups excluding tert-OH is 1. The molecule has 0 aliphatic carbocycles. The predicted octanol–water partition coefficient (Wildman–Crippen LogP) is -1.08. The molecule has 0 saturated heterocycles. The van der Waals surface area contributed by atoms with E-state index < -0.39 is 19.9 Å². The summed E-state index contributed by atoms with van der Waals surface area (Å²) in [6, 6.07) is 0. The lowest BCUT2D eigenvalue weighted by Crippen LogP contribution is -2.31. The van der Waals surface area contributed by atoms with Gasteiger partial charge in [-0.15, -0.1) is 0 Å². The van der Waals surface area contributed by atoms with E-state index in [2.05, 4.69) is 20.3 Å². The SMILES string of the molecule is O=c1[nH]cnc2c(CCNCC(CO)P(=O)(O)O)c[nH]c12. The summed E-state index contributed by atoms with van der Waals surface area (Å²) in [6.07, 6.45) is 3.54. The van der Waals surface area contributed by atoms with Gasteiger partial charge in [-0.05, 0) is 18.5 Å². The van der Waals surface area contributed by atoms with Gasteiger partial charge in [0.1, 0.15) is 5.52 Å². The summed E-state index contributed by atoms with van der Waals surface area (Å²) in [6.45, 7) is -0.129. The minimum atomic E-state index is -4.30. The van der Waals surface area contributed by atoms with E-state index in [1.165, 1.54) is 6.33 Å². The molecule has 0 fully saturated rings. The van der Waals surface area contributed by atoms with Crippen LogP contribution in [-0.4, -0.2) is 55.2 Å². The largest absolute Gasteiger partial charge is 0.395 e. The van der Waals surface area contributed by atoms with E-state index in [4.69, 9.17) is 14.9 Å². The van der Waals surface area contributed by atoms with E-state index >= 15 is 0 Å². The Morgan fingerprint density at radius 1 is 1.38 bits per heavy atom. The van der Waals surface area contributed by atoms with Gasteiger partial charge in [0.2, 0.25) is 0 Å². The van der Waals surface area contributed by atoms with Gasteiger partial charge in [0.25, 0.3) is 5.56 Å². The summed E-state index contributed by atoms with van der Waals surface area (Å²) in [5.41, 5.74) is 0.452. The summed E-state index contributed by atoms with van der Waals surface area (Å²) in [4.78, 5) is 38.9. The molecule has 0 aliphatic heterocycles. The Balaban J connectivity index is 1.93. The van der Waals surface area contributed by atoms with Crippen LogP contribution in [0.1, 0.15) is 5.56 Å². The van der Waals surface area contributed by atoms with Crippen LogP contribution in [0.15, 0.2) is 17.3 Å². The van der Waals surface area contributed by atoms with Crippen LogP contribution in [0.5, 0.6) is 0 Å². The molecule has 1 atom stereocenters. The molecule has 10 heteroatoms. The molecule has 116 valence electrons. The first kappa shape index (κ1) is 15.9. The highest BCUT2D eigenvalue weighted by atomic mass is 31.2. The van der Waals surface area contributed by atoms with Crippen molar-refractivity contribution in [2.24, 2.45) is 0 Å². The van der Waals surface area contributed by atoms with Crippen LogP contribution in [-0.2, 0) is 11.0 Å². The average Bonchev–Trinajstić information content (AvgIpc) is 2.82. The van der Waals surface area contributed by atoms with Crippen molar-refractivity contribution in [2.75, 3.05) is 19.7 Å². The minimum Gasteiger partial charge on any atom is -0.395 e. The maximum atomic E-state index is 11.5. The zero-order valence-corrected chi connectivity index (χ0v) is 12.0. The molecule has 0 spiro atoms. The Bertz CT molecular complexity index is 706. The molecule has 0 saturated carbocycles. The first-order valence-corrected chi connectivity index (χ1v) is 8.02. The van der Waals surface area contributed by atoms with Crippen molar-refractivity contribution in [2.45, 2.75) is 12.1 Å². The van der Waals surface area contributed by atoms with Gasteiger partial charge in [0.05, 0.1) is 24.1 Å². The topological polar surface area (TPSA) is 151 Å². The van der Waals surface area contributed by atoms with Gasteiger partial charge >= 0.3 is 7.60 Å². The Hall–Kier alpha value is -1.51. The molecule has 1 unspecified atom stereocenters. The van der Waals surface area contributed by atoms with Crippen molar-refractivity contribution in [1.29, 1.82) is 0 Å². The maximum Gasteiger partial charge on any atom is 0.332 e. The number of hydrogen-bond donors (Lipinski definition) is 6. The summed E-state index contributed by atoms with van der Waals surface area (Å²) in [5.74, 6) is 0. The van der Waals surface area contributed by atoms with Crippen LogP contribution in [0.2, 0.25) is 0 Å². The number of H-pyrrole nitrogens is 2.